The summed E-state index contributed by atoms with van der Waals surface area (Å²) in [6.45, 7) is 4.61. The summed E-state index contributed by atoms with van der Waals surface area (Å²) in [5, 5.41) is 9.74. The number of carbonyl (C=O) groups excluding carboxylic acids is 1. The van der Waals surface area contributed by atoms with Gasteiger partial charge in [0.25, 0.3) is 0 Å². The summed E-state index contributed by atoms with van der Waals surface area (Å²) in [6.07, 6.45) is 6.05. The van der Waals surface area contributed by atoms with E-state index in [0.29, 0.717) is 24.3 Å². The molecule has 0 aromatic heterocycles. The molecule has 0 radical (unpaired) electrons. The number of aromatic hydroxyl groups is 1. The van der Waals surface area contributed by atoms with Gasteiger partial charge in [0.15, 0.2) is 5.78 Å². The van der Waals surface area contributed by atoms with Crippen LogP contribution in [0.4, 0.5) is 0 Å². The monoisotopic (exact) mass is 264 g/mol. The van der Waals surface area contributed by atoms with Crippen molar-refractivity contribution in [2.24, 2.45) is 0 Å². The van der Waals surface area contributed by atoms with Crippen LogP contribution in [0, 0.1) is 0 Å². The smallest absolute Gasteiger partial charge is 0.166 e. The first-order valence-corrected chi connectivity index (χ1v) is 7.18. The van der Waals surface area contributed by atoms with Gasteiger partial charge in [-0.15, -0.1) is 0 Å². The number of phenols is 1. The third-order valence-electron chi connectivity index (χ3n) is 3.09. The molecule has 0 aliphatic carbocycles. The summed E-state index contributed by atoms with van der Waals surface area (Å²) in [4.78, 5) is 12.0. The largest absolute Gasteiger partial charge is 0.507 e. The Bertz CT molecular complexity index is 399. The summed E-state index contributed by atoms with van der Waals surface area (Å²) in [7, 11) is 0. The van der Waals surface area contributed by atoms with Gasteiger partial charge in [-0.05, 0) is 31.5 Å². The van der Waals surface area contributed by atoms with Crippen LogP contribution in [0.25, 0.3) is 0 Å². The second-order valence-corrected chi connectivity index (χ2v) is 4.70. The highest BCUT2D eigenvalue weighted by Crippen LogP contribution is 2.25. The van der Waals surface area contributed by atoms with E-state index in [2.05, 4.69) is 6.92 Å². The second kappa shape index (κ2) is 8.57. The minimum absolute atomic E-state index is 0.00412. The number of hydrogen-bond donors (Lipinski definition) is 1. The van der Waals surface area contributed by atoms with Gasteiger partial charge < -0.3 is 9.84 Å². The van der Waals surface area contributed by atoms with E-state index in [4.69, 9.17) is 4.74 Å². The minimum atomic E-state index is -0.00412. The number of ketones is 1. The molecule has 0 atom stereocenters. The van der Waals surface area contributed by atoms with Crippen molar-refractivity contribution in [3.8, 4) is 11.5 Å². The van der Waals surface area contributed by atoms with Crippen LogP contribution >= 0.6 is 0 Å². The molecule has 0 amide bonds. The molecule has 0 unspecified atom stereocenters. The SMILES string of the molecule is CCCCCCCC(=O)c1cc(OCC)ccc1O. The lowest BCUT2D eigenvalue weighted by atomic mass is 10.0. The van der Waals surface area contributed by atoms with Gasteiger partial charge in [0.05, 0.1) is 12.2 Å². The van der Waals surface area contributed by atoms with Crippen LogP contribution in [-0.4, -0.2) is 17.5 Å². The highest BCUT2D eigenvalue weighted by Gasteiger charge is 2.12. The Hall–Kier alpha value is -1.51. The zero-order valence-corrected chi connectivity index (χ0v) is 11.9. The fourth-order valence-electron chi connectivity index (χ4n) is 2.02. The Labute approximate surface area is 115 Å². The Morgan fingerprint density at radius 3 is 2.58 bits per heavy atom. The molecule has 0 heterocycles. The van der Waals surface area contributed by atoms with Crippen LogP contribution < -0.4 is 4.74 Å². The van der Waals surface area contributed by atoms with Crippen molar-refractivity contribution in [1.29, 1.82) is 0 Å². The maximum atomic E-state index is 12.0. The molecule has 1 aromatic rings. The fourth-order valence-corrected chi connectivity index (χ4v) is 2.02. The minimum Gasteiger partial charge on any atom is -0.507 e. The first-order chi connectivity index (χ1) is 9.19. The summed E-state index contributed by atoms with van der Waals surface area (Å²) in [6, 6.07) is 4.83. The Morgan fingerprint density at radius 1 is 1.16 bits per heavy atom. The summed E-state index contributed by atoms with van der Waals surface area (Å²) >= 11 is 0. The van der Waals surface area contributed by atoms with Crippen molar-refractivity contribution in [1.82, 2.24) is 0 Å². The fraction of sp³-hybridized carbons (Fsp3) is 0.562. The quantitative estimate of drug-likeness (QED) is 0.533. The van der Waals surface area contributed by atoms with E-state index in [0.717, 1.165) is 12.8 Å². The van der Waals surface area contributed by atoms with Crippen LogP contribution in [0.15, 0.2) is 18.2 Å². The Morgan fingerprint density at radius 2 is 1.89 bits per heavy atom. The van der Waals surface area contributed by atoms with Crippen LogP contribution in [0.2, 0.25) is 0 Å². The number of rotatable bonds is 9. The van der Waals surface area contributed by atoms with Gasteiger partial charge in [-0.1, -0.05) is 32.6 Å². The van der Waals surface area contributed by atoms with Crippen LogP contribution in [-0.2, 0) is 0 Å². The molecule has 1 aromatic carbocycles. The molecule has 1 N–H and O–H groups in total. The standard InChI is InChI=1S/C16H24O3/c1-3-5-6-7-8-9-15(17)14-12-13(19-4-2)10-11-16(14)18/h10-12,18H,3-9H2,1-2H3. The number of benzene rings is 1. The van der Waals surface area contributed by atoms with E-state index in [1.807, 2.05) is 6.92 Å². The molecule has 3 heteroatoms. The van der Waals surface area contributed by atoms with E-state index in [-0.39, 0.29) is 11.5 Å². The highest BCUT2D eigenvalue weighted by molar-refractivity contribution is 5.98. The molecular formula is C16H24O3. The molecular weight excluding hydrogens is 240 g/mol. The first kappa shape index (κ1) is 15.5. The maximum Gasteiger partial charge on any atom is 0.166 e. The topological polar surface area (TPSA) is 46.5 Å². The predicted octanol–water partition coefficient (Wildman–Crippen LogP) is 4.33. The number of Topliss-reactive ketones (excluding diaryl/α,β-unsaturated/α-hetero) is 1. The highest BCUT2D eigenvalue weighted by atomic mass is 16.5. The van der Waals surface area contributed by atoms with Gasteiger partial charge >= 0.3 is 0 Å². The Kier molecular flexibility index (Phi) is 7.01. The van der Waals surface area contributed by atoms with Crippen molar-refractivity contribution in [3.63, 3.8) is 0 Å². The maximum absolute atomic E-state index is 12.0. The molecule has 0 bridgehead atoms. The first-order valence-electron chi connectivity index (χ1n) is 7.18. The van der Waals surface area contributed by atoms with E-state index in [1.165, 1.54) is 25.3 Å². The molecule has 3 nitrogen and oxygen atoms in total. The van der Waals surface area contributed by atoms with Crippen molar-refractivity contribution in [3.05, 3.63) is 23.8 Å². The van der Waals surface area contributed by atoms with E-state index in [1.54, 1.807) is 12.1 Å². The van der Waals surface area contributed by atoms with E-state index >= 15 is 0 Å². The predicted molar refractivity (Wildman–Crippen MR) is 77.0 cm³/mol. The molecule has 0 spiro atoms. The van der Waals surface area contributed by atoms with Gasteiger partial charge in [-0.25, -0.2) is 0 Å². The Balaban J connectivity index is 2.53. The number of unbranched alkanes of at least 4 members (excludes halogenated alkanes) is 4. The molecule has 0 aliphatic heterocycles. The number of phenolic OH excluding ortho intramolecular Hbond substituents is 1. The summed E-state index contributed by atoms with van der Waals surface area (Å²) in [5.41, 5.74) is 0.376. The zero-order chi connectivity index (χ0) is 14.1. The lowest BCUT2D eigenvalue weighted by molar-refractivity contribution is 0.0976. The van der Waals surface area contributed by atoms with Gasteiger partial charge in [-0.2, -0.15) is 0 Å². The van der Waals surface area contributed by atoms with Crippen LogP contribution in [0.3, 0.4) is 0 Å². The van der Waals surface area contributed by atoms with E-state index in [9.17, 15) is 9.90 Å². The van der Waals surface area contributed by atoms with E-state index < -0.39 is 0 Å². The molecule has 19 heavy (non-hydrogen) atoms. The van der Waals surface area contributed by atoms with Crippen molar-refractivity contribution in [2.75, 3.05) is 6.61 Å². The van der Waals surface area contributed by atoms with Crippen LogP contribution in [0.5, 0.6) is 11.5 Å². The average molecular weight is 264 g/mol. The lowest BCUT2D eigenvalue weighted by Gasteiger charge is -2.07. The van der Waals surface area contributed by atoms with Gasteiger partial charge in [0.1, 0.15) is 11.5 Å². The molecule has 106 valence electrons. The normalized spacial score (nSPS) is 10.4. The van der Waals surface area contributed by atoms with Gasteiger partial charge in [0, 0.05) is 6.42 Å². The van der Waals surface area contributed by atoms with Gasteiger partial charge in [-0.3, -0.25) is 4.79 Å². The second-order valence-electron chi connectivity index (χ2n) is 4.70. The summed E-state index contributed by atoms with van der Waals surface area (Å²) < 4.78 is 5.35. The molecule has 1 rings (SSSR count). The number of ether oxygens (including phenoxy) is 1. The van der Waals surface area contributed by atoms with Crippen molar-refractivity contribution < 1.29 is 14.6 Å². The van der Waals surface area contributed by atoms with Gasteiger partial charge in [0.2, 0.25) is 0 Å². The number of carbonyl (C=O) groups is 1. The van der Waals surface area contributed by atoms with Crippen molar-refractivity contribution in [2.45, 2.75) is 52.4 Å². The van der Waals surface area contributed by atoms with Crippen LogP contribution in [0.1, 0.15) is 62.7 Å². The third kappa shape index (κ3) is 5.33. The molecule has 0 fully saturated rings. The van der Waals surface area contributed by atoms with Crippen molar-refractivity contribution >= 4 is 5.78 Å². The molecule has 0 aliphatic rings. The lowest BCUT2D eigenvalue weighted by Crippen LogP contribution is -2.01. The molecule has 0 saturated carbocycles. The zero-order valence-electron chi connectivity index (χ0n) is 11.9. The third-order valence-corrected chi connectivity index (χ3v) is 3.09. The number of hydrogen-bond acceptors (Lipinski definition) is 3. The average Bonchev–Trinajstić information content (AvgIpc) is 2.41. The summed E-state index contributed by atoms with van der Waals surface area (Å²) in [5.74, 6) is 0.673. The molecule has 0 saturated heterocycles.